The number of halogens is 4. The monoisotopic (exact) mass is 543 g/mol. The second-order valence-electron chi connectivity index (χ2n) is 7.03. The number of nitrogens with zero attached hydrogens (tertiary/aromatic N) is 3. The van der Waals surface area contributed by atoms with Crippen molar-refractivity contribution in [3.8, 4) is 0 Å². The summed E-state index contributed by atoms with van der Waals surface area (Å²) in [7, 11) is -7.07. The summed E-state index contributed by atoms with van der Waals surface area (Å²) in [6.45, 7) is 5.12. The molecule has 0 fully saturated rings. The number of hydrogen-bond donors (Lipinski definition) is 3. The van der Waals surface area contributed by atoms with E-state index in [2.05, 4.69) is 40.3 Å². The van der Waals surface area contributed by atoms with Crippen molar-refractivity contribution in [3.63, 3.8) is 0 Å². The minimum atomic E-state index is -5.56. The Morgan fingerprint density at radius 3 is 2.32 bits per heavy atom. The van der Waals surface area contributed by atoms with Gasteiger partial charge < -0.3 is 15.7 Å². The summed E-state index contributed by atoms with van der Waals surface area (Å²) >= 11 is 3.34. The first-order valence-corrected chi connectivity index (χ1v) is 12.5. The molecule has 8 nitrogen and oxygen atoms in total. The van der Waals surface area contributed by atoms with E-state index in [4.69, 9.17) is 0 Å². The maximum absolute atomic E-state index is 12.5. The van der Waals surface area contributed by atoms with E-state index in [-0.39, 0.29) is 12.0 Å². The fourth-order valence-electron chi connectivity index (χ4n) is 2.01. The second kappa shape index (κ2) is 9.38. The number of sulfonamides is 1. The van der Waals surface area contributed by atoms with Crippen LogP contribution in [0.4, 0.5) is 30.6 Å². The highest BCUT2D eigenvalue weighted by atomic mass is 79.9. The van der Waals surface area contributed by atoms with Gasteiger partial charge in [-0.25, -0.2) is 4.98 Å². The van der Waals surface area contributed by atoms with Crippen LogP contribution in [0.3, 0.4) is 0 Å². The molecule has 0 amide bonds. The average Bonchev–Trinajstić information content (AvgIpc) is 2.63. The number of rotatable bonds is 7. The zero-order chi connectivity index (χ0) is 23.6. The molecule has 0 radical (unpaired) electrons. The van der Waals surface area contributed by atoms with Gasteiger partial charge in [-0.1, -0.05) is 10.7 Å². The first-order valence-electron chi connectivity index (χ1n) is 8.69. The summed E-state index contributed by atoms with van der Waals surface area (Å²) in [5, 5.41) is 16.1. The van der Waals surface area contributed by atoms with Crippen molar-refractivity contribution >= 4 is 54.1 Å². The van der Waals surface area contributed by atoms with Gasteiger partial charge in [0, 0.05) is 16.8 Å². The van der Waals surface area contributed by atoms with Gasteiger partial charge in [0.15, 0.2) is 0 Å². The van der Waals surface area contributed by atoms with Crippen LogP contribution in [0.1, 0.15) is 20.8 Å². The molecule has 0 unspecified atom stereocenters. The standard InChI is InChI=1S/C17H21BrF3N5O3S2/c1-10(16(2,3)27)23-14-13(18)9-22-15(25-14)24-11-5-7-12(8-6-11)30(4)26-31(28,29)17(19,20)21/h5-10,27H,1-4H3,(H2,22,23,24,25)/t10-,30+/m1/s1. The van der Waals surface area contributed by atoms with E-state index in [0.29, 0.717) is 20.9 Å². The van der Waals surface area contributed by atoms with Gasteiger partial charge in [0.2, 0.25) is 5.95 Å². The Balaban J connectivity index is 2.19. The highest BCUT2D eigenvalue weighted by molar-refractivity contribution is 9.10. The minimum Gasteiger partial charge on any atom is -0.388 e. The van der Waals surface area contributed by atoms with Crippen LogP contribution in [0.15, 0.2) is 43.6 Å². The van der Waals surface area contributed by atoms with Crippen LogP contribution in [-0.4, -0.2) is 46.9 Å². The van der Waals surface area contributed by atoms with E-state index < -0.39 is 31.8 Å². The second-order valence-corrected chi connectivity index (χ2v) is 11.3. The van der Waals surface area contributed by atoms with Crippen LogP contribution in [0.5, 0.6) is 0 Å². The molecule has 0 aliphatic heterocycles. The minimum absolute atomic E-state index is 0.237. The first-order chi connectivity index (χ1) is 14.1. The number of alkyl halides is 3. The number of aromatic nitrogens is 2. The Morgan fingerprint density at radius 2 is 1.81 bits per heavy atom. The predicted molar refractivity (Wildman–Crippen MR) is 118 cm³/mol. The van der Waals surface area contributed by atoms with E-state index in [9.17, 15) is 26.7 Å². The maximum Gasteiger partial charge on any atom is 0.519 e. The van der Waals surface area contributed by atoms with Crippen molar-refractivity contribution in [1.82, 2.24) is 9.97 Å². The summed E-state index contributed by atoms with van der Waals surface area (Å²) in [6.07, 6.45) is 2.80. The zero-order valence-corrected chi connectivity index (χ0v) is 20.1. The Bertz CT molecular complexity index is 1070. The third kappa shape index (κ3) is 6.85. The molecule has 0 saturated heterocycles. The van der Waals surface area contributed by atoms with Crippen LogP contribution < -0.4 is 10.6 Å². The van der Waals surface area contributed by atoms with Crippen molar-refractivity contribution in [2.45, 2.75) is 42.8 Å². The molecule has 2 aromatic rings. The van der Waals surface area contributed by atoms with Crippen molar-refractivity contribution in [3.05, 3.63) is 34.9 Å². The lowest BCUT2D eigenvalue weighted by molar-refractivity contribution is -0.0434. The number of benzene rings is 1. The summed E-state index contributed by atoms with van der Waals surface area (Å²) in [6, 6.07) is 5.72. The first kappa shape index (κ1) is 25.5. The van der Waals surface area contributed by atoms with Crippen molar-refractivity contribution in [1.29, 1.82) is 0 Å². The molecular weight excluding hydrogens is 523 g/mol. The molecular formula is C17H21BrF3N5O3S2. The molecule has 0 spiro atoms. The molecule has 172 valence electrons. The summed E-state index contributed by atoms with van der Waals surface area (Å²) in [5.41, 5.74) is -5.89. The fraction of sp³-hybridized carbons (Fsp3) is 0.412. The number of aliphatic hydroxyl groups is 1. The molecule has 0 saturated carbocycles. The van der Waals surface area contributed by atoms with Gasteiger partial charge in [-0.3, -0.25) is 0 Å². The van der Waals surface area contributed by atoms with Crippen molar-refractivity contribution in [2.75, 3.05) is 16.9 Å². The van der Waals surface area contributed by atoms with Gasteiger partial charge in [-0.05, 0) is 67.2 Å². The van der Waals surface area contributed by atoms with Crippen LogP contribution in [0.25, 0.3) is 0 Å². The maximum atomic E-state index is 12.5. The van der Waals surface area contributed by atoms with Gasteiger partial charge in [-0.15, -0.1) is 3.77 Å². The quantitative estimate of drug-likeness (QED) is 0.479. The van der Waals surface area contributed by atoms with Crippen LogP contribution in [0.2, 0.25) is 0 Å². The lowest BCUT2D eigenvalue weighted by Gasteiger charge is -2.27. The molecule has 3 N–H and O–H groups in total. The number of anilines is 3. The van der Waals surface area contributed by atoms with E-state index >= 15 is 0 Å². The fourth-order valence-corrected chi connectivity index (χ4v) is 4.70. The van der Waals surface area contributed by atoms with Gasteiger partial charge >= 0.3 is 15.5 Å². The predicted octanol–water partition coefficient (Wildman–Crippen LogP) is 4.19. The van der Waals surface area contributed by atoms with Crippen molar-refractivity contribution < 1.29 is 26.7 Å². The summed E-state index contributed by atoms with van der Waals surface area (Å²) < 4.78 is 63.4. The van der Waals surface area contributed by atoms with Crippen LogP contribution in [0, 0.1) is 0 Å². The van der Waals surface area contributed by atoms with Crippen LogP contribution in [-0.2, 0) is 20.7 Å². The topological polar surface area (TPSA) is 117 Å². The highest BCUT2D eigenvalue weighted by Gasteiger charge is 2.46. The van der Waals surface area contributed by atoms with Gasteiger partial charge in [0.25, 0.3) is 0 Å². The van der Waals surface area contributed by atoms with E-state index in [0.717, 1.165) is 0 Å². The Hall–Kier alpha value is -1.77. The molecule has 1 heterocycles. The Kier molecular flexibility index (Phi) is 7.72. The highest BCUT2D eigenvalue weighted by Crippen LogP contribution is 2.27. The summed E-state index contributed by atoms with van der Waals surface area (Å²) in [5.74, 6) is 0.691. The zero-order valence-electron chi connectivity index (χ0n) is 16.9. The number of nitrogens with one attached hydrogen (secondary N) is 2. The SMILES string of the molecule is C[C@@H](Nc1nc(Nc2ccc([S@](C)=NS(=O)(=O)C(F)(F)F)cc2)ncc1Br)C(C)(C)O. The lowest BCUT2D eigenvalue weighted by atomic mass is 10.0. The molecule has 1 aromatic carbocycles. The van der Waals surface area contributed by atoms with Crippen LogP contribution >= 0.6 is 15.9 Å². The molecule has 0 aliphatic rings. The van der Waals surface area contributed by atoms with Gasteiger partial charge in [0.05, 0.1) is 16.1 Å². The van der Waals surface area contributed by atoms with Crippen molar-refractivity contribution in [2.24, 2.45) is 3.77 Å². The normalized spacial score (nSPS) is 14.9. The third-order valence-corrected chi connectivity index (χ3v) is 7.91. The van der Waals surface area contributed by atoms with Gasteiger partial charge in [-0.2, -0.15) is 26.6 Å². The molecule has 0 aliphatic carbocycles. The van der Waals surface area contributed by atoms with Gasteiger partial charge in [0.1, 0.15) is 5.82 Å². The summed E-state index contributed by atoms with van der Waals surface area (Å²) in [4.78, 5) is 8.80. The average molecular weight is 544 g/mol. The number of hydrogen-bond acceptors (Lipinski definition) is 7. The largest absolute Gasteiger partial charge is 0.519 e. The van der Waals surface area contributed by atoms with E-state index in [1.807, 2.05) is 0 Å². The smallest absolute Gasteiger partial charge is 0.388 e. The van der Waals surface area contributed by atoms with E-state index in [1.54, 1.807) is 32.9 Å². The lowest BCUT2D eigenvalue weighted by Crippen LogP contribution is -2.39. The Morgan fingerprint density at radius 1 is 1.23 bits per heavy atom. The molecule has 2 atom stereocenters. The van der Waals surface area contributed by atoms with E-state index in [1.165, 1.54) is 24.6 Å². The molecule has 0 bridgehead atoms. The Labute approximate surface area is 189 Å². The molecule has 31 heavy (non-hydrogen) atoms. The molecule has 1 aromatic heterocycles. The third-order valence-electron chi connectivity index (χ3n) is 4.11. The molecule has 2 rings (SSSR count). The molecule has 14 heteroatoms.